The first kappa shape index (κ1) is 24.3. The number of hydrogen-bond acceptors (Lipinski definition) is 5. The van der Waals surface area contributed by atoms with Crippen molar-refractivity contribution in [3.63, 3.8) is 0 Å². The monoisotopic (exact) mass is 482 g/mol. The first-order chi connectivity index (χ1) is 16.0. The Kier molecular flexibility index (Phi) is 6.73. The van der Waals surface area contributed by atoms with Gasteiger partial charge in [0.15, 0.2) is 0 Å². The number of hydrogen-bond donors (Lipinski definition) is 2. The fraction of sp³-hybridized carbons (Fsp3) is 0.458. The molecule has 1 amide bonds. The van der Waals surface area contributed by atoms with Gasteiger partial charge in [0.1, 0.15) is 12.4 Å². The van der Waals surface area contributed by atoms with E-state index in [-0.39, 0.29) is 35.0 Å². The molecule has 2 N–H and O–H groups in total. The molecule has 2 aromatic carbocycles. The first-order valence-electron chi connectivity index (χ1n) is 11.0. The Morgan fingerprint density at radius 3 is 2.62 bits per heavy atom. The summed E-state index contributed by atoms with van der Waals surface area (Å²) in [6.07, 6.45) is -0.455. The topological polar surface area (TPSA) is 71.0 Å². The lowest BCUT2D eigenvalue weighted by Gasteiger charge is -2.42. The Labute approximate surface area is 194 Å². The zero-order valence-electron chi connectivity index (χ0n) is 18.7. The number of aliphatic hydroxyl groups excluding tert-OH is 1. The number of alkyl halides is 4. The summed E-state index contributed by atoms with van der Waals surface area (Å²) in [5, 5.41) is 12.4. The van der Waals surface area contributed by atoms with Crippen LogP contribution in [0, 0.1) is 5.92 Å². The maximum absolute atomic E-state index is 14.0. The molecule has 0 aromatic heterocycles. The Hall–Kier alpha value is -2.85. The summed E-state index contributed by atoms with van der Waals surface area (Å²) in [4.78, 5) is 14.7. The van der Waals surface area contributed by atoms with Gasteiger partial charge in [0.05, 0.1) is 18.8 Å². The van der Waals surface area contributed by atoms with Gasteiger partial charge in [-0.1, -0.05) is 12.1 Å². The number of amides is 1. The van der Waals surface area contributed by atoms with Gasteiger partial charge in [0.25, 0.3) is 11.8 Å². The van der Waals surface area contributed by atoms with Crippen LogP contribution in [0.5, 0.6) is 5.75 Å². The van der Waals surface area contributed by atoms with E-state index in [4.69, 9.17) is 9.47 Å². The number of ether oxygens (including phenoxy) is 2. The van der Waals surface area contributed by atoms with Gasteiger partial charge in [-0.05, 0) is 37.6 Å². The molecule has 184 valence electrons. The number of nitrogens with one attached hydrogen (secondary N) is 1. The highest BCUT2D eigenvalue weighted by Gasteiger charge is 2.38. The fourth-order valence-electron chi connectivity index (χ4n) is 4.24. The molecule has 4 rings (SSSR count). The lowest BCUT2D eigenvalue weighted by molar-refractivity contribution is -0.103. The van der Waals surface area contributed by atoms with Gasteiger partial charge >= 0.3 is 6.61 Å². The third-order valence-electron chi connectivity index (χ3n) is 6.29. The van der Waals surface area contributed by atoms with Crippen LogP contribution in [0.2, 0.25) is 0 Å². The molecule has 1 saturated heterocycles. The number of halogens is 4. The highest BCUT2D eigenvalue weighted by atomic mass is 19.3. The molecule has 10 heteroatoms. The molecule has 6 nitrogen and oxygen atoms in total. The summed E-state index contributed by atoms with van der Waals surface area (Å²) >= 11 is 0. The zero-order chi connectivity index (χ0) is 24.6. The van der Waals surface area contributed by atoms with E-state index in [1.807, 2.05) is 4.90 Å². The van der Waals surface area contributed by atoms with Gasteiger partial charge in [-0.3, -0.25) is 4.79 Å². The van der Waals surface area contributed by atoms with E-state index < -0.39 is 37.2 Å². The van der Waals surface area contributed by atoms with E-state index in [0.717, 1.165) is 0 Å². The van der Waals surface area contributed by atoms with Crippen LogP contribution >= 0.6 is 0 Å². The molecule has 2 aliphatic rings. The molecule has 2 atom stereocenters. The van der Waals surface area contributed by atoms with Gasteiger partial charge in [-0.15, -0.1) is 0 Å². The minimum absolute atomic E-state index is 0.0259. The summed E-state index contributed by atoms with van der Waals surface area (Å²) in [7, 11) is 0. The lowest BCUT2D eigenvalue weighted by Crippen LogP contribution is -2.51. The SMILES string of the molecule is C[C@H](NC(=O)c1ccc2c(c1)COCC2(F)F)c1ccc(N2CC([C@H](C)O)C2)cc1OC(F)F. The van der Waals surface area contributed by atoms with E-state index in [0.29, 0.717) is 24.3 Å². The Morgan fingerprint density at radius 1 is 1.21 bits per heavy atom. The summed E-state index contributed by atoms with van der Waals surface area (Å²) in [6.45, 7) is 0.734. The van der Waals surface area contributed by atoms with Crippen molar-refractivity contribution in [3.8, 4) is 5.75 Å². The summed E-state index contributed by atoms with van der Waals surface area (Å²) in [5.74, 6) is -3.62. The van der Waals surface area contributed by atoms with Crippen LogP contribution in [-0.2, 0) is 17.3 Å². The standard InChI is InChI=1S/C24H26F4N2O4/c1-13(29-22(32)15-3-6-20-16(7-15)11-33-12-24(20,27)28)19-5-4-18(8-21(19)34-23(25)26)30-9-17(10-30)14(2)31/h3-8,13-14,17,23,31H,9-12H2,1-2H3,(H,29,32)/t13-,14-/m0/s1. The van der Waals surface area contributed by atoms with Crippen LogP contribution in [-0.4, -0.2) is 43.4 Å². The van der Waals surface area contributed by atoms with E-state index in [1.54, 1.807) is 26.0 Å². The number of rotatable bonds is 7. The van der Waals surface area contributed by atoms with E-state index in [9.17, 15) is 27.5 Å². The van der Waals surface area contributed by atoms with Gasteiger partial charge in [-0.25, -0.2) is 0 Å². The third kappa shape index (κ3) is 4.97. The van der Waals surface area contributed by atoms with Crippen molar-refractivity contribution >= 4 is 11.6 Å². The maximum Gasteiger partial charge on any atom is 0.387 e. The fourth-order valence-corrected chi connectivity index (χ4v) is 4.24. The van der Waals surface area contributed by atoms with Crippen molar-refractivity contribution in [2.75, 3.05) is 24.6 Å². The quantitative estimate of drug-likeness (QED) is 0.579. The Morgan fingerprint density at radius 2 is 1.94 bits per heavy atom. The number of fused-ring (bicyclic) bond motifs is 1. The molecule has 2 aromatic rings. The molecular weight excluding hydrogens is 456 g/mol. The second kappa shape index (κ2) is 9.42. The van der Waals surface area contributed by atoms with Crippen LogP contribution in [0.3, 0.4) is 0 Å². The molecule has 0 radical (unpaired) electrons. The summed E-state index contributed by atoms with van der Waals surface area (Å²) in [6, 6.07) is 8.01. The second-order valence-corrected chi connectivity index (χ2v) is 8.77. The molecule has 2 aliphatic heterocycles. The lowest BCUT2D eigenvalue weighted by atomic mass is 9.93. The molecule has 0 aliphatic carbocycles. The smallest absolute Gasteiger partial charge is 0.387 e. The van der Waals surface area contributed by atoms with E-state index in [2.05, 4.69) is 5.32 Å². The highest BCUT2D eigenvalue weighted by molar-refractivity contribution is 5.94. The minimum atomic E-state index is -3.12. The first-order valence-corrected chi connectivity index (χ1v) is 11.0. The van der Waals surface area contributed by atoms with Gasteiger partial charge in [-0.2, -0.15) is 17.6 Å². The second-order valence-electron chi connectivity index (χ2n) is 8.77. The average Bonchev–Trinajstić information content (AvgIpc) is 2.71. The third-order valence-corrected chi connectivity index (χ3v) is 6.29. The normalized spacial score (nSPS) is 19.2. The van der Waals surface area contributed by atoms with Crippen molar-refractivity contribution in [1.29, 1.82) is 0 Å². The predicted octanol–water partition coefficient (Wildman–Crippen LogP) is 4.22. The zero-order valence-corrected chi connectivity index (χ0v) is 18.7. The van der Waals surface area contributed by atoms with Crippen LogP contribution < -0.4 is 15.0 Å². The molecule has 0 unspecified atom stereocenters. The van der Waals surface area contributed by atoms with Gasteiger partial charge < -0.3 is 24.8 Å². The molecule has 2 heterocycles. The van der Waals surface area contributed by atoms with Crippen LogP contribution in [0.1, 0.15) is 46.9 Å². The number of benzene rings is 2. The van der Waals surface area contributed by atoms with Crippen molar-refractivity contribution in [2.24, 2.45) is 5.92 Å². The number of anilines is 1. The van der Waals surface area contributed by atoms with E-state index >= 15 is 0 Å². The van der Waals surface area contributed by atoms with Crippen molar-refractivity contribution in [1.82, 2.24) is 5.32 Å². The number of carbonyl (C=O) groups is 1. The molecule has 0 spiro atoms. The molecule has 0 saturated carbocycles. The summed E-state index contributed by atoms with van der Waals surface area (Å²) < 4.78 is 63.8. The number of nitrogens with zero attached hydrogens (tertiary/aromatic N) is 1. The van der Waals surface area contributed by atoms with Crippen molar-refractivity contribution in [2.45, 2.75) is 45.1 Å². The van der Waals surface area contributed by atoms with Crippen LogP contribution in [0.15, 0.2) is 36.4 Å². The van der Waals surface area contributed by atoms with Gasteiger partial charge in [0.2, 0.25) is 0 Å². The Bertz CT molecular complexity index is 1060. The molecule has 0 bridgehead atoms. The molecular formula is C24H26F4N2O4. The molecule has 34 heavy (non-hydrogen) atoms. The predicted molar refractivity (Wildman–Crippen MR) is 116 cm³/mol. The van der Waals surface area contributed by atoms with E-state index in [1.165, 1.54) is 24.3 Å². The van der Waals surface area contributed by atoms with Crippen LogP contribution in [0.25, 0.3) is 0 Å². The van der Waals surface area contributed by atoms with Gasteiger partial charge in [0, 0.05) is 47.5 Å². The largest absolute Gasteiger partial charge is 0.434 e. The Balaban J connectivity index is 1.51. The number of carbonyl (C=O) groups excluding carboxylic acids is 1. The summed E-state index contributed by atoms with van der Waals surface area (Å²) in [5.41, 5.74) is 1.23. The van der Waals surface area contributed by atoms with Crippen LogP contribution in [0.4, 0.5) is 23.2 Å². The maximum atomic E-state index is 14.0. The minimum Gasteiger partial charge on any atom is -0.434 e. The molecule has 1 fully saturated rings. The van der Waals surface area contributed by atoms with Crippen molar-refractivity contribution < 1.29 is 36.9 Å². The average molecular weight is 482 g/mol. The number of aliphatic hydroxyl groups is 1. The van der Waals surface area contributed by atoms with Crippen molar-refractivity contribution in [3.05, 3.63) is 58.7 Å². The highest BCUT2D eigenvalue weighted by Crippen LogP contribution is 2.37.